The van der Waals surface area contributed by atoms with E-state index in [1.54, 1.807) is 19.1 Å². The molecule has 156 valence electrons. The summed E-state index contributed by atoms with van der Waals surface area (Å²) in [6.45, 7) is 3.76. The molecule has 1 aliphatic rings. The van der Waals surface area contributed by atoms with Crippen molar-refractivity contribution in [3.8, 4) is 0 Å². The molecule has 2 aromatic rings. The molecule has 1 heterocycles. The van der Waals surface area contributed by atoms with E-state index >= 15 is 0 Å². The first-order valence-corrected chi connectivity index (χ1v) is 9.86. The van der Waals surface area contributed by atoms with Crippen molar-refractivity contribution in [1.82, 2.24) is 20.4 Å². The predicted octanol–water partition coefficient (Wildman–Crippen LogP) is 2.27. The zero-order valence-corrected chi connectivity index (χ0v) is 16.9. The molecule has 1 aromatic heterocycles. The lowest BCUT2D eigenvalue weighted by atomic mass is 9.84. The molecule has 3 N–H and O–H groups in total. The van der Waals surface area contributed by atoms with Gasteiger partial charge in [0, 0.05) is 19.2 Å². The second kappa shape index (κ2) is 8.73. The summed E-state index contributed by atoms with van der Waals surface area (Å²) in [6.07, 6.45) is 1.66. The quantitative estimate of drug-likeness (QED) is 0.715. The van der Waals surface area contributed by atoms with Crippen molar-refractivity contribution in [3.63, 3.8) is 0 Å². The number of aliphatic hydroxyl groups is 1. The van der Waals surface area contributed by atoms with Gasteiger partial charge in [-0.25, -0.2) is 4.39 Å². The van der Waals surface area contributed by atoms with E-state index in [2.05, 4.69) is 15.7 Å². The lowest BCUT2D eigenvalue weighted by Crippen LogP contribution is -2.42. The zero-order valence-electron chi connectivity index (χ0n) is 16.9. The third-order valence-corrected chi connectivity index (χ3v) is 5.59. The number of aliphatic hydroxyl groups excluding tert-OH is 1. The lowest BCUT2D eigenvalue weighted by molar-refractivity contribution is 0.0612. The highest BCUT2D eigenvalue weighted by atomic mass is 19.1. The van der Waals surface area contributed by atoms with Crippen molar-refractivity contribution in [3.05, 3.63) is 53.1 Å². The minimum Gasteiger partial charge on any atom is -0.393 e. The van der Waals surface area contributed by atoms with Gasteiger partial charge in [-0.05, 0) is 49.8 Å². The number of nitrogens with zero attached hydrogens (tertiary/aromatic N) is 2. The van der Waals surface area contributed by atoms with Gasteiger partial charge in [-0.2, -0.15) is 5.10 Å². The van der Waals surface area contributed by atoms with Crippen molar-refractivity contribution in [2.75, 3.05) is 7.05 Å². The summed E-state index contributed by atoms with van der Waals surface area (Å²) < 4.78 is 15.1. The van der Waals surface area contributed by atoms with Crippen LogP contribution < -0.4 is 10.6 Å². The highest BCUT2D eigenvalue weighted by Gasteiger charge is 2.29. The third kappa shape index (κ3) is 4.64. The van der Waals surface area contributed by atoms with Crippen molar-refractivity contribution in [2.24, 2.45) is 5.92 Å². The molecule has 0 spiro atoms. The Kier molecular flexibility index (Phi) is 6.32. The van der Waals surface area contributed by atoms with E-state index in [0.717, 1.165) is 0 Å². The van der Waals surface area contributed by atoms with Crippen molar-refractivity contribution < 1.29 is 19.1 Å². The predicted molar refractivity (Wildman–Crippen MR) is 106 cm³/mol. The van der Waals surface area contributed by atoms with Gasteiger partial charge in [0.25, 0.3) is 11.8 Å². The van der Waals surface area contributed by atoms with Gasteiger partial charge >= 0.3 is 0 Å². The molecule has 0 saturated heterocycles. The van der Waals surface area contributed by atoms with Crippen LogP contribution in [0.1, 0.15) is 65.7 Å². The molecule has 29 heavy (non-hydrogen) atoms. The molecule has 2 amide bonds. The molecular weight excluding hydrogens is 375 g/mol. The van der Waals surface area contributed by atoms with Crippen LogP contribution in [0.2, 0.25) is 0 Å². The third-order valence-electron chi connectivity index (χ3n) is 5.59. The van der Waals surface area contributed by atoms with Crippen LogP contribution in [0, 0.1) is 11.7 Å². The molecular formula is C21H27FN4O3. The Bertz CT molecular complexity index is 898. The van der Waals surface area contributed by atoms with Crippen molar-refractivity contribution >= 4 is 11.8 Å². The summed E-state index contributed by atoms with van der Waals surface area (Å²) in [5.74, 6) is -1.02. The van der Waals surface area contributed by atoms with Gasteiger partial charge in [0.1, 0.15) is 11.5 Å². The summed E-state index contributed by atoms with van der Waals surface area (Å²) >= 11 is 0. The molecule has 3 rings (SSSR count). The molecule has 1 fully saturated rings. The Morgan fingerprint density at radius 1 is 1.28 bits per heavy atom. The average molecular weight is 402 g/mol. The Labute approximate surface area is 169 Å². The maximum atomic E-state index is 13.7. The molecule has 4 atom stereocenters. The van der Waals surface area contributed by atoms with Gasteiger partial charge < -0.3 is 15.7 Å². The number of carbonyl (C=O) groups excluding carboxylic acids is 2. The first-order valence-electron chi connectivity index (χ1n) is 9.86. The summed E-state index contributed by atoms with van der Waals surface area (Å²) in [5, 5.41) is 19.7. The smallest absolute Gasteiger partial charge is 0.271 e. The number of amides is 2. The topological polar surface area (TPSA) is 96.3 Å². The first-order chi connectivity index (χ1) is 13.8. The fourth-order valence-corrected chi connectivity index (χ4v) is 3.78. The van der Waals surface area contributed by atoms with Crippen LogP contribution in [0.25, 0.3) is 0 Å². The number of nitrogens with one attached hydrogen (secondary N) is 2. The summed E-state index contributed by atoms with van der Waals surface area (Å²) in [4.78, 5) is 25.1. The van der Waals surface area contributed by atoms with Crippen LogP contribution in [-0.2, 0) is 0 Å². The number of aromatic nitrogens is 2. The van der Waals surface area contributed by atoms with Gasteiger partial charge in [-0.15, -0.1) is 0 Å². The lowest BCUT2D eigenvalue weighted by Gasteiger charge is -2.31. The fraction of sp³-hybridized carbons (Fsp3) is 0.476. The Hall–Kier alpha value is -2.74. The normalized spacial score (nSPS) is 22.7. The van der Waals surface area contributed by atoms with Gasteiger partial charge in [-0.3, -0.25) is 14.3 Å². The van der Waals surface area contributed by atoms with E-state index in [1.807, 2.05) is 6.92 Å². The number of hydrogen-bond acceptors (Lipinski definition) is 4. The van der Waals surface area contributed by atoms with Gasteiger partial charge in [0.05, 0.1) is 12.1 Å². The van der Waals surface area contributed by atoms with E-state index in [1.165, 1.54) is 29.9 Å². The molecule has 0 bridgehead atoms. The van der Waals surface area contributed by atoms with E-state index in [9.17, 15) is 19.1 Å². The number of hydrogen-bond donors (Lipinski definition) is 3. The Balaban J connectivity index is 1.89. The van der Waals surface area contributed by atoms with Crippen LogP contribution in [0.4, 0.5) is 4.39 Å². The zero-order chi connectivity index (χ0) is 21.1. The summed E-state index contributed by atoms with van der Waals surface area (Å²) in [7, 11) is 1.49. The van der Waals surface area contributed by atoms with Crippen LogP contribution in [0.15, 0.2) is 30.3 Å². The monoisotopic (exact) mass is 402 g/mol. The van der Waals surface area contributed by atoms with E-state index in [4.69, 9.17) is 0 Å². The average Bonchev–Trinajstić information content (AvgIpc) is 3.15. The summed E-state index contributed by atoms with van der Waals surface area (Å²) in [6, 6.07) is 7.03. The van der Waals surface area contributed by atoms with Crippen LogP contribution in [0.3, 0.4) is 0 Å². The van der Waals surface area contributed by atoms with E-state index in [-0.39, 0.29) is 41.2 Å². The standard InChI is InChI=1S/C21H27FN4O3/c1-12-9-16(7-8-19(12)27)24-21(29)18-11-17(20(28)23-3)25-26(18)13(2)14-5-4-6-15(22)10-14/h4-6,10-13,16,19,27H,7-9H2,1-3H3,(H,23,28)(H,24,29)/t12-,13+,16+,19-/m1/s1. The Morgan fingerprint density at radius 3 is 2.69 bits per heavy atom. The highest BCUT2D eigenvalue weighted by Crippen LogP contribution is 2.25. The first kappa shape index (κ1) is 21.0. The van der Waals surface area contributed by atoms with E-state index < -0.39 is 11.9 Å². The molecule has 1 aromatic carbocycles. The number of carbonyl (C=O) groups is 2. The molecule has 0 radical (unpaired) electrons. The fourth-order valence-electron chi connectivity index (χ4n) is 3.78. The SMILES string of the molecule is CNC(=O)c1cc(C(=O)N[C@H]2CC[C@@H](O)[C@H](C)C2)n([C@@H](C)c2cccc(F)c2)n1. The second-order valence-electron chi connectivity index (χ2n) is 7.70. The van der Waals surface area contributed by atoms with Crippen molar-refractivity contribution in [1.29, 1.82) is 0 Å². The molecule has 0 unspecified atom stereocenters. The molecule has 0 aliphatic heterocycles. The second-order valence-corrected chi connectivity index (χ2v) is 7.70. The molecule has 8 heteroatoms. The largest absolute Gasteiger partial charge is 0.393 e. The summed E-state index contributed by atoms with van der Waals surface area (Å²) in [5.41, 5.74) is 0.993. The highest BCUT2D eigenvalue weighted by molar-refractivity contribution is 5.98. The van der Waals surface area contributed by atoms with Gasteiger partial charge in [0.2, 0.25) is 0 Å². The van der Waals surface area contributed by atoms with E-state index in [0.29, 0.717) is 24.8 Å². The van der Waals surface area contributed by atoms with Crippen molar-refractivity contribution in [2.45, 2.75) is 51.3 Å². The van der Waals surface area contributed by atoms with Crippen LogP contribution in [-0.4, -0.2) is 45.9 Å². The minimum atomic E-state index is -0.447. The molecule has 1 saturated carbocycles. The van der Waals surface area contributed by atoms with Gasteiger partial charge in [0.15, 0.2) is 5.69 Å². The number of benzene rings is 1. The van der Waals surface area contributed by atoms with Gasteiger partial charge in [-0.1, -0.05) is 19.1 Å². The maximum absolute atomic E-state index is 13.7. The molecule has 1 aliphatic carbocycles. The molecule has 7 nitrogen and oxygen atoms in total. The minimum absolute atomic E-state index is 0.0582. The van der Waals surface area contributed by atoms with Crippen LogP contribution >= 0.6 is 0 Å². The number of halogens is 1. The Morgan fingerprint density at radius 2 is 2.03 bits per heavy atom. The number of rotatable bonds is 5. The maximum Gasteiger partial charge on any atom is 0.271 e. The van der Waals surface area contributed by atoms with Crippen LogP contribution in [0.5, 0.6) is 0 Å².